The molecule has 1 rings (SSSR count). The predicted molar refractivity (Wildman–Crippen MR) is 54.9 cm³/mol. The van der Waals surface area contributed by atoms with Crippen LogP contribution in [0.4, 0.5) is 5.82 Å². The fraction of sp³-hybridized carbons (Fsp3) is 0.111. The number of nitrogens with zero attached hydrogens (tertiary/aromatic N) is 1. The number of aromatic carboxylic acids is 1. The summed E-state index contributed by atoms with van der Waals surface area (Å²) >= 11 is 5.80. The van der Waals surface area contributed by atoms with Crippen molar-refractivity contribution < 1.29 is 9.90 Å². The topological polar surface area (TPSA) is 62.2 Å². The Labute approximate surface area is 86.2 Å². The van der Waals surface area contributed by atoms with Crippen LogP contribution < -0.4 is 5.32 Å². The monoisotopic (exact) mass is 212 g/mol. The Balaban J connectivity index is 3.01. The van der Waals surface area contributed by atoms with Gasteiger partial charge in [-0.05, 0) is 6.07 Å². The van der Waals surface area contributed by atoms with Gasteiger partial charge in [0, 0.05) is 12.7 Å². The second-order valence-electron chi connectivity index (χ2n) is 2.50. The van der Waals surface area contributed by atoms with Crippen LogP contribution in [-0.2, 0) is 0 Å². The number of anilines is 1. The molecule has 0 aliphatic carbocycles. The number of aromatic nitrogens is 1. The van der Waals surface area contributed by atoms with E-state index in [-0.39, 0.29) is 10.6 Å². The van der Waals surface area contributed by atoms with Gasteiger partial charge < -0.3 is 10.4 Å². The third-order valence-electron chi connectivity index (χ3n) is 1.53. The normalized spacial score (nSPS) is 9.50. The van der Waals surface area contributed by atoms with Crippen LogP contribution in [0, 0.1) is 0 Å². The summed E-state index contributed by atoms with van der Waals surface area (Å²) in [5.41, 5.74) is 0.0354. The summed E-state index contributed by atoms with van der Waals surface area (Å²) in [6, 6.07) is 1.35. The second kappa shape index (κ2) is 4.62. The van der Waals surface area contributed by atoms with Gasteiger partial charge in [-0.25, -0.2) is 9.78 Å². The van der Waals surface area contributed by atoms with E-state index in [9.17, 15) is 4.79 Å². The Bertz CT molecular complexity index is 366. The number of rotatable bonds is 4. The van der Waals surface area contributed by atoms with Gasteiger partial charge in [0.1, 0.15) is 5.82 Å². The molecule has 0 bridgehead atoms. The van der Waals surface area contributed by atoms with E-state index in [0.717, 1.165) is 0 Å². The average Bonchev–Trinajstić information content (AvgIpc) is 2.16. The zero-order valence-corrected chi connectivity index (χ0v) is 8.08. The summed E-state index contributed by atoms with van der Waals surface area (Å²) in [6.45, 7) is 4.00. The summed E-state index contributed by atoms with van der Waals surface area (Å²) < 4.78 is 0. The number of pyridine rings is 1. The molecule has 0 radical (unpaired) electrons. The van der Waals surface area contributed by atoms with Crippen molar-refractivity contribution in [1.29, 1.82) is 0 Å². The van der Waals surface area contributed by atoms with Crippen LogP contribution in [0.3, 0.4) is 0 Å². The summed E-state index contributed by atoms with van der Waals surface area (Å²) in [6.07, 6.45) is 3.02. The molecule has 0 saturated carbocycles. The molecule has 0 amide bonds. The van der Waals surface area contributed by atoms with Crippen molar-refractivity contribution in [3.63, 3.8) is 0 Å². The van der Waals surface area contributed by atoms with Gasteiger partial charge in [-0.1, -0.05) is 17.7 Å². The lowest BCUT2D eigenvalue weighted by Gasteiger charge is -2.06. The highest BCUT2D eigenvalue weighted by molar-refractivity contribution is 6.35. The number of halogens is 1. The first kappa shape index (κ1) is 10.5. The van der Waals surface area contributed by atoms with Crippen LogP contribution in [0.25, 0.3) is 0 Å². The van der Waals surface area contributed by atoms with Crippen molar-refractivity contribution >= 4 is 23.4 Å². The van der Waals surface area contributed by atoms with E-state index in [1.165, 1.54) is 12.3 Å². The van der Waals surface area contributed by atoms with Crippen molar-refractivity contribution in [1.82, 2.24) is 4.98 Å². The maximum atomic E-state index is 10.7. The van der Waals surface area contributed by atoms with Crippen molar-refractivity contribution in [2.75, 3.05) is 11.9 Å². The summed E-state index contributed by atoms with van der Waals surface area (Å²) in [7, 11) is 0. The van der Waals surface area contributed by atoms with Crippen molar-refractivity contribution in [2.45, 2.75) is 0 Å². The minimum absolute atomic E-state index is 0.0354. The lowest BCUT2D eigenvalue weighted by Crippen LogP contribution is -2.05. The molecule has 0 spiro atoms. The molecule has 74 valence electrons. The fourth-order valence-electron chi connectivity index (χ4n) is 0.901. The van der Waals surface area contributed by atoms with E-state index in [0.29, 0.717) is 12.4 Å². The van der Waals surface area contributed by atoms with Gasteiger partial charge in [-0.3, -0.25) is 0 Å². The van der Waals surface area contributed by atoms with Crippen molar-refractivity contribution in [3.8, 4) is 0 Å². The van der Waals surface area contributed by atoms with E-state index in [2.05, 4.69) is 16.9 Å². The largest absolute Gasteiger partial charge is 0.478 e. The number of carboxylic acid groups (broad SMARTS) is 1. The SMILES string of the molecule is C=CCNc1nccc(C(=O)O)c1Cl. The zero-order valence-electron chi connectivity index (χ0n) is 7.33. The van der Waals surface area contributed by atoms with Gasteiger partial charge in [-0.2, -0.15) is 0 Å². The maximum absolute atomic E-state index is 10.7. The number of nitrogens with one attached hydrogen (secondary N) is 1. The van der Waals surface area contributed by atoms with E-state index in [4.69, 9.17) is 16.7 Å². The lowest BCUT2D eigenvalue weighted by molar-refractivity contribution is 0.0697. The van der Waals surface area contributed by atoms with Gasteiger partial charge in [-0.15, -0.1) is 6.58 Å². The third kappa shape index (κ3) is 2.23. The summed E-state index contributed by atoms with van der Waals surface area (Å²) in [5.74, 6) is -0.717. The number of carbonyl (C=O) groups is 1. The molecule has 1 heterocycles. The molecule has 14 heavy (non-hydrogen) atoms. The molecule has 0 aliphatic rings. The molecular weight excluding hydrogens is 204 g/mol. The van der Waals surface area contributed by atoms with Crippen LogP contribution in [-0.4, -0.2) is 22.6 Å². The van der Waals surface area contributed by atoms with Crippen LogP contribution in [0.15, 0.2) is 24.9 Å². The first-order chi connectivity index (χ1) is 6.66. The highest BCUT2D eigenvalue weighted by atomic mass is 35.5. The van der Waals surface area contributed by atoms with Crippen molar-refractivity contribution in [2.24, 2.45) is 0 Å². The van der Waals surface area contributed by atoms with Crippen LogP contribution >= 0.6 is 11.6 Å². The molecule has 0 fully saturated rings. The van der Waals surface area contributed by atoms with Gasteiger partial charge in [0.2, 0.25) is 0 Å². The predicted octanol–water partition coefficient (Wildman–Crippen LogP) is 2.03. The first-order valence-electron chi connectivity index (χ1n) is 3.89. The molecule has 0 unspecified atom stereocenters. The Kier molecular flexibility index (Phi) is 3.48. The van der Waals surface area contributed by atoms with E-state index in [1.807, 2.05) is 0 Å². The minimum Gasteiger partial charge on any atom is -0.478 e. The quantitative estimate of drug-likeness (QED) is 0.750. The highest BCUT2D eigenvalue weighted by Crippen LogP contribution is 2.23. The van der Waals surface area contributed by atoms with Crippen LogP contribution in [0.5, 0.6) is 0 Å². The van der Waals surface area contributed by atoms with Gasteiger partial charge in [0.05, 0.1) is 10.6 Å². The van der Waals surface area contributed by atoms with Crippen molar-refractivity contribution in [3.05, 3.63) is 35.5 Å². The number of hydrogen-bond acceptors (Lipinski definition) is 3. The van der Waals surface area contributed by atoms with Gasteiger partial charge in [0.15, 0.2) is 0 Å². The summed E-state index contributed by atoms with van der Waals surface area (Å²) in [5, 5.41) is 11.7. The van der Waals surface area contributed by atoms with Crippen LogP contribution in [0.2, 0.25) is 5.02 Å². The molecule has 2 N–H and O–H groups in total. The Hall–Kier alpha value is -1.55. The standard InChI is InChI=1S/C9H9ClN2O2/c1-2-4-11-8-7(10)6(9(13)14)3-5-12-8/h2-3,5H,1,4H2,(H,11,12)(H,13,14). The Morgan fingerprint density at radius 2 is 2.50 bits per heavy atom. The summed E-state index contributed by atoms with van der Waals surface area (Å²) in [4.78, 5) is 14.6. The molecule has 5 heteroatoms. The molecule has 0 saturated heterocycles. The van der Waals surface area contributed by atoms with Crippen LogP contribution in [0.1, 0.15) is 10.4 Å². The zero-order chi connectivity index (χ0) is 10.6. The Morgan fingerprint density at radius 3 is 3.07 bits per heavy atom. The Morgan fingerprint density at radius 1 is 1.79 bits per heavy atom. The first-order valence-corrected chi connectivity index (χ1v) is 4.27. The molecule has 0 aliphatic heterocycles. The molecule has 1 aromatic heterocycles. The molecule has 0 aromatic carbocycles. The molecule has 4 nitrogen and oxygen atoms in total. The fourth-order valence-corrected chi connectivity index (χ4v) is 1.16. The third-order valence-corrected chi connectivity index (χ3v) is 1.92. The highest BCUT2D eigenvalue weighted by Gasteiger charge is 2.12. The van der Waals surface area contributed by atoms with E-state index in [1.54, 1.807) is 6.08 Å². The van der Waals surface area contributed by atoms with Gasteiger partial charge in [0.25, 0.3) is 0 Å². The minimum atomic E-state index is -1.07. The number of carboxylic acids is 1. The lowest BCUT2D eigenvalue weighted by atomic mass is 10.2. The molecule has 0 atom stereocenters. The number of hydrogen-bond donors (Lipinski definition) is 2. The average molecular weight is 213 g/mol. The maximum Gasteiger partial charge on any atom is 0.337 e. The van der Waals surface area contributed by atoms with E-state index >= 15 is 0 Å². The molecule has 1 aromatic rings. The van der Waals surface area contributed by atoms with Gasteiger partial charge >= 0.3 is 5.97 Å². The van der Waals surface area contributed by atoms with E-state index < -0.39 is 5.97 Å². The smallest absolute Gasteiger partial charge is 0.337 e. The second-order valence-corrected chi connectivity index (χ2v) is 2.87. The molecular formula is C9H9ClN2O2.